The molecule has 396 valence electrons. The fraction of sp³-hybridized carbons (Fsp3) is 0.902. The molecule has 0 saturated carbocycles. The average Bonchev–Trinajstić information content (AvgIpc) is 3.33. The molecule has 0 heterocycles. The van der Waals surface area contributed by atoms with Crippen molar-refractivity contribution in [1.82, 2.24) is 5.32 Å². The number of amides is 1. The molecule has 3 N–H and O–H groups in total. The van der Waals surface area contributed by atoms with E-state index in [1.54, 1.807) is 6.08 Å². The van der Waals surface area contributed by atoms with Gasteiger partial charge in [0, 0.05) is 12.8 Å². The zero-order valence-corrected chi connectivity index (χ0v) is 45.1. The van der Waals surface area contributed by atoms with Crippen LogP contribution in [0.5, 0.6) is 0 Å². The van der Waals surface area contributed by atoms with Gasteiger partial charge in [0.05, 0.1) is 25.4 Å². The molecule has 0 fully saturated rings. The standard InChI is InChI=1S/C61H117NO5/c1-3-5-7-9-11-13-15-17-19-20-21-22-23-26-29-33-37-41-45-49-53-59(64)58(57-63)62-60(65)54-50-46-42-38-34-30-27-24-25-28-32-36-40-44-48-52-56-67-61(66)55-51-47-43-39-35-31-18-16-14-12-10-8-6-4-2/h16,18,49,53,58-59,63-64H,3-15,17,19-48,50-52,54-57H2,1-2H3,(H,62,65)/b18-16-,53-49+. The lowest BCUT2D eigenvalue weighted by Gasteiger charge is -2.20. The molecule has 0 aromatic rings. The lowest BCUT2D eigenvalue weighted by atomic mass is 10.0. The normalized spacial score (nSPS) is 12.7. The largest absolute Gasteiger partial charge is 0.466 e. The van der Waals surface area contributed by atoms with Crippen LogP contribution in [0.3, 0.4) is 0 Å². The van der Waals surface area contributed by atoms with E-state index < -0.39 is 12.1 Å². The molecule has 2 unspecified atom stereocenters. The summed E-state index contributed by atoms with van der Waals surface area (Å²) in [7, 11) is 0. The molecule has 2 atom stereocenters. The molecule has 1 amide bonds. The van der Waals surface area contributed by atoms with Crippen molar-refractivity contribution in [3.05, 3.63) is 24.3 Å². The minimum atomic E-state index is -0.850. The number of ether oxygens (including phenoxy) is 1. The molecule has 0 saturated heterocycles. The number of hydrogen-bond acceptors (Lipinski definition) is 5. The van der Waals surface area contributed by atoms with Crippen LogP contribution in [0.2, 0.25) is 0 Å². The Morgan fingerprint density at radius 3 is 1.06 bits per heavy atom. The monoisotopic (exact) mass is 944 g/mol. The fourth-order valence-electron chi connectivity index (χ4n) is 9.34. The molecular formula is C61H117NO5. The lowest BCUT2D eigenvalue weighted by Crippen LogP contribution is -2.45. The smallest absolute Gasteiger partial charge is 0.305 e. The van der Waals surface area contributed by atoms with Crippen molar-refractivity contribution in [2.45, 2.75) is 341 Å². The first-order chi connectivity index (χ1) is 33.0. The Labute approximate surface area is 418 Å². The van der Waals surface area contributed by atoms with Crippen LogP contribution in [-0.2, 0) is 14.3 Å². The van der Waals surface area contributed by atoms with Crippen molar-refractivity contribution < 1.29 is 24.5 Å². The number of allylic oxidation sites excluding steroid dienone is 3. The second kappa shape index (κ2) is 56.9. The van der Waals surface area contributed by atoms with Gasteiger partial charge in [-0.15, -0.1) is 0 Å². The van der Waals surface area contributed by atoms with Gasteiger partial charge in [-0.3, -0.25) is 9.59 Å². The number of nitrogens with one attached hydrogen (secondary N) is 1. The summed E-state index contributed by atoms with van der Waals surface area (Å²) in [5.41, 5.74) is 0. The van der Waals surface area contributed by atoms with E-state index in [0.29, 0.717) is 19.4 Å². The van der Waals surface area contributed by atoms with E-state index in [9.17, 15) is 19.8 Å². The highest BCUT2D eigenvalue weighted by Crippen LogP contribution is 2.17. The van der Waals surface area contributed by atoms with Gasteiger partial charge in [0.25, 0.3) is 0 Å². The number of carbonyl (C=O) groups excluding carboxylic acids is 2. The summed E-state index contributed by atoms with van der Waals surface area (Å²) >= 11 is 0. The van der Waals surface area contributed by atoms with Crippen molar-refractivity contribution in [2.24, 2.45) is 0 Å². The van der Waals surface area contributed by atoms with E-state index in [0.717, 1.165) is 44.9 Å². The van der Waals surface area contributed by atoms with E-state index in [1.807, 2.05) is 6.08 Å². The Hall–Kier alpha value is -1.66. The van der Waals surface area contributed by atoms with Crippen LogP contribution in [0.25, 0.3) is 0 Å². The molecule has 0 rings (SSSR count). The Morgan fingerprint density at radius 2 is 0.701 bits per heavy atom. The third-order valence-corrected chi connectivity index (χ3v) is 14.0. The van der Waals surface area contributed by atoms with Crippen molar-refractivity contribution >= 4 is 11.9 Å². The molecule has 0 aromatic heterocycles. The molecule has 6 nitrogen and oxygen atoms in total. The summed E-state index contributed by atoms with van der Waals surface area (Å²) in [5, 5.41) is 23.2. The zero-order chi connectivity index (χ0) is 48.6. The summed E-state index contributed by atoms with van der Waals surface area (Å²) in [5.74, 6) is -0.0782. The van der Waals surface area contributed by atoms with Gasteiger partial charge in [-0.25, -0.2) is 0 Å². The second-order valence-electron chi connectivity index (χ2n) is 20.7. The van der Waals surface area contributed by atoms with Gasteiger partial charge >= 0.3 is 5.97 Å². The molecule has 0 spiro atoms. The third kappa shape index (κ3) is 53.5. The first kappa shape index (κ1) is 65.3. The highest BCUT2D eigenvalue weighted by Gasteiger charge is 2.18. The van der Waals surface area contributed by atoms with E-state index in [2.05, 4.69) is 31.3 Å². The maximum absolute atomic E-state index is 12.5. The molecule has 6 heteroatoms. The fourth-order valence-corrected chi connectivity index (χ4v) is 9.34. The Bertz CT molecular complexity index is 1040. The van der Waals surface area contributed by atoms with Crippen LogP contribution < -0.4 is 5.32 Å². The number of aliphatic hydroxyl groups excluding tert-OH is 2. The van der Waals surface area contributed by atoms with E-state index in [4.69, 9.17) is 4.74 Å². The van der Waals surface area contributed by atoms with Crippen LogP contribution in [0.15, 0.2) is 24.3 Å². The maximum atomic E-state index is 12.5. The zero-order valence-electron chi connectivity index (χ0n) is 45.1. The Balaban J connectivity index is 3.46. The molecule has 0 radical (unpaired) electrons. The molecule has 0 aromatic carbocycles. The van der Waals surface area contributed by atoms with Crippen LogP contribution in [0, 0.1) is 0 Å². The number of hydrogen-bond donors (Lipinski definition) is 3. The predicted octanol–water partition coefficient (Wildman–Crippen LogP) is 18.6. The van der Waals surface area contributed by atoms with Crippen molar-refractivity contribution in [3.63, 3.8) is 0 Å². The van der Waals surface area contributed by atoms with Crippen LogP contribution >= 0.6 is 0 Å². The number of unbranched alkanes of at least 4 members (excludes halogenated alkanes) is 43. The lowest BCUT2D eigenvalue weighted by molar-refractivity contribution is -0.143. The van der Waals surface area contributed by atoms with E-state index >= 15 is 0 Å². The molecule has 0 aliphatic heterocycles. The quantitative estimate of drug-likeness (QED) is 0.0321. The first-order valence-corrected chi connectivity index (χ1v) is 30.1. The number of esters is 1. The minimum absolute atomic E-state index is 0.00591. The van der Waals surface area contributed by atoms with Gasteiger partial charge in [-0.2, -0.15) is 0 Å². The molecule has 0 bridgehead atoms. The minimum Gasteiger partial charge on any atom is -0.466 e. The van der Waals surface area contributed by atoms with E-state index in [1.165, 1.54) is 257 Å². The SMILES string of the molecule is CCCCCCC/C=C\CCCCCCCC(=O)OCCCCCCCCCCCCCCCCCCC(=O)NC(CO)C(O)/C=C/CCCCCCCCCCCCCCCCCCCC. The first-order valence-electron chi connectivity index (χ1n) is 30.1. The predicted molar refractivity (Wildman–Crippen MR) is 292 cm³/mol. The van der Waals surface area contributed by atoms with Crippen LogP contribution in [-0.4, -0.2) is 47.4 Å². The third-order valence-electron chi connectivity index (χ3n) is 14.0. The number of aliphatic hydroxyl groups is 2. The number of carbonyl (C=O) groups is 2. The molecule has 0 aliphatic carbocycles. The van der Waals surface area contributed by atoms with Crippen LogP contribution in [0.1, 0.15) is 328 Å². The van der Waals surface area contributed by atoms with Crippen molar-refractivity contribution in [1.29, 1.82) is 0 Å². The van der Waals surface area contributed by atoms with Gasteiger partial charge in [0.15, 0.2) is 0 Å². The van der Waals surface area contributed by atoms with E-state index in [-0.39, 0.29) is 18.5 Å². The summed E-state index contributed by atoms with van der Waals surface area (Å²) in [6, 6.07) is -0.634. The topological polar surface area (TPSA) is 95.9 Å². The molecule has 67 heavy (non-hydrogen) atoms. The summed E-state index contributed by atoms with van der Waals surface area (Å²) in [6.07, 6.45) is 69.1. The average molecular weight is 945 g/mol. The van der Waals surface area contributed by atoms with Gasteiger partial charge in [-0.05, 0) is 57.8 Å². The summed E-state index contributed by atoms with van der Waals surface area (Å²) in [6.45, 7) is 4.90. The second-order valence-corrected chi connectivity index (χ2v) is 20.7. The molecule has 0 aliphatic rings. The van der Waals surface area contributed by atoms with Crippen LogP contribution in [0.4, 0.5) is 0 Å². The van der Waals surface area contributed by atoms with Crippen molar-refractivity contribution in [2.75, 3.05) is 13.2 Å². The number of rotatable bonds is 56. The molecular weight excluding hydrogens is 827 g/mol. The van der Waals surface area contributed by atoms with Crippen molar-refractivity contribution in [3.8, 4) is 0 Å². The van der Waals surface area contributed by atoms with Gasteiger partial charge in [0.1, 0.15) is 0 Å². The Kier molecular flexibility index (Phi) is 55.5. The summed E-state index contributed by atoms with van der Waals surface area (Å²) in [4.78, 5) is 24.5. The van der Waals surface area contributed by atoms with Gasteiger partial charge in [0.2, 0.25) is 5.91 Å². The highest BCUT2D eigenvalue weighted by molar-refractivity contribution is 5.76. The summed E-state index contributed by atoms with van der Waals surface area (Å²) < 4.78 is 5.47. The van der Waals surface area contributed by atoms with Gasteiger partial charge < -0.3 is 20.3 Å². The maximum Gasteiger partial charge on any atom is 0.305 e. The highest BCUT2D eigenvalue weighted by atomic mass is 16.5. The van der Waals surface area contributed by atoms with Gasteiger partial charge in [-0.1, -0.05) is 282 Å². The Morgan fingerprint density at radius 1 is 0.403 bits per heavy atom.